The van der Waals surface area contributed by atoms with Crippen LogP contribution in [0.2, 0.25) is 6.82 Å². The van der Waals surface area contributed by atoms with E-state index in [-0.39, 0.29) is 73.5 Å². The SMILES string of the molecule is CN.[2H]CC(=O)[C@H](C)[C@@H](OC)[C@@H]1CCCN1C(=O)C[C@@H](OC)[C@H]([C@@H](C)CC)N(C)C(=O)[C@@H](CC(=O)[C@H](C(C)C)N(C)CC(=O)OC)C(C)C.[B]C. The molecular formula is C37H71BN4O8. The lowest BCUT2D eigenvalue weighted by Crippen LogP contribution is -2.54. The second kappa shape index (κ2) is 25.6. The van der Waals surface area contributed by atoms with Crippen molar-refractivity contribution in [1.82, 2.24) is 14.7 Å². The van der Waals surface area contributed by atoms with Gasteiger partial charge in [0.1, 0.15) is 5.78 Å². The summed E-state index contributed by atoms with van der Waals surface area (Å²) in [5.41, 5.74) is 4.50. The summed E-state index contributed by atoms with van der Waals surface area (Å²) >= 11 is 0. The molecule has 0 unspecified atom stereocenters. The van der Waals surface area contributed by atoms with Gasteiger partial charge in [0.2, 0.25) is 11.8 Å². The average molecular weight is 712 g/mol. The van der Waals surface area contributed by atoms with Gasteiger partial charge in [-0.1, -0.05) is 61.7 Å². The minimum Gasteiger partial charge on any atom is -0.468 e. The van der Waals surface area contributed by atoms with Crippen LogP contribution in [0.3, 0.4) is 0 Å². The van der Waals surface area contributed by atoms with E-state index in [2.05, 4.69) is 13.6 Å². The summed E-state index contributed by atoms with van der Waals surface area (Å²) in [4.78, 5) is 71.3. The summed E-state index contributed by atoms with van der Waals surface area (Å²) in [5.74, 6) is -2.47. The summed E-state index contributed by atoms with van der Waals surface area (Å²) < 4.78 is 24.0. The Bertz CT molecular complexity index is 1050. The van der Waals surface area contributed by atoms with Gasteiger partial charge in [0, 0.05) is 47.4 Å². The summed E-state index contributed by atoms with van der Waals surface area (Å²) in [5, 5.41) is 0. The molecule has 1 heterocycles. The number of rotatable bonds is 20. The van der Waals surface area contributed by atoms with Gasteiger partial charge in [0.25, 0.3) is 0 Å². The van der Waals surface area contributed by atoms with Crippen LogP contribution in [0, 0.1) is 29.6 Å². The van der Waals surface area contributed by atoms with E-state index in [4.69, 9.17) is 15.6 Å². The molecule has 2 N–H and O–H groups in total. The number of carbonyl (C=O) groups excluding carboxylic acids is 5. The number of ether oxygens (including phenoxy) is 3. The number of carbonyl (C=O) groups is 5. The van der Waals surface area contributed by atoms with E-state index >= 15 is 0 Å². The number of hydrogen-bond donors (Lipinski definition) is 1. The van der Waals surface area contributed by atoms with Crippen LogP contribution >= 0.6 is 0 Å². The van der Waals surface area contributed by atoms with Gasteiger partial charge in [-0.05, 0) is 51.6 Å². The maximum atomic E-state index is 14.2. The van der Waals surface area contributed by atoms with Gasteiger partial charge in [-0.25, -0.2) is 0 Å². The Kier molecular flexibility index (Phi) is 24.4. The monoisotopic (exact) mass is 712 g/mol. The highest BCUT2D eigenvalue weighted by atomic mass is 16.5. The van der Waals surface area contributed by atoms with Crippen molar-refractivity contribution >= 4 is 37.2 Å². The molecule has 8 atom stereocenters. The van der Waals surface area contributed by atoms with Crippen LogP contribution in [0.5, 0.6) is 0 Å². The predicted octanol–water partition coefficient (Wildman–Crippen LogP) is 3.63. The summed E-state index contributed by atoms with van der Waals surface area (Å²) in [6.07, 6.45) is 1.14. The number of hydrogen-bond acceptors (Lipinski definition) is 10. The molecule has 0 saturated carbocycles. The number of Topliss-reactive ketones (excluding diaryl/α,β-unsaturated/α-hetero) is 2. The normalized spacial score (nSPS) is 18.7. The minimum atomic E-state index is -0.612. The van der Waals surface area contributed by atoms with Gasteiger partial charge < -0.3 is 29.7 Å². The number of amides is 2. The fourth-order valence-electron chi connectivity index (χ4n) is 7.04. The molecule has 0 aromatic heterocycles. The largest absolute Gasteiger partial charge is 0.468 e. The summed E-state index contributed by atoms with van der Waals surface area (Å²) in [7, 11) is 13.8. The lowest BCUT2D eigenvalue weighted by molar-refractivity contribution is -0.149. The first-order valence-electron chi connectivity index (χ1n) is 18.6. The van der Waals surface area contributed by atoms with Crippen molar-refractivity contribution in [2.24, 2.45) is 35.3 Å². The van der Waals surface area contributed by atoms with Crippen LogP contribution < -0.4 is 5.73 Å². The van der Waals surface area contributed by atoms with Crippen molar-refractivity contribution in [3.63, 3.8) is 0 Å². The first-order chi connectivity index (χ1) is 24.0. The fourth-order valence-corrected chi connectivity index (χ4v) is 7.04. The van der Waals surface area contributed by atoms with Crippen LogP contribution in [0.15, 0.2) is 0 Å². The van der Waals surface area contributed by atoms with Gasteiger partial charge >= 0.3 is 5.97 Å². The Balaban J connectivity index is 0. The molecule has 1 aliphatic heterocycles. The quantitative estimate of drug-likeness (QED) is 0.147. The standard InChI is InChI=1S/C35H63N3O8.CH3B.CH5N/c1-14-23(6)33(29(44-11)19-30(41)38-17-15-16-27(38)34(46-13)24(7)25(8)39)37(10)35(43)26(21(2)3)18-28(40)32(22(4)5)36(9)20-31(42)45-12;2*1-2/h21-24,26-27,29,32-34H,14-20H2,1-13H3;1H3;2H2,1H3/t23-,24-,26-,27-,29+,32-,33-,34+;;/m0../s1/i8D;;. The second-order valence-corrected chi connectivity index (χ2v) is 13.8. The molecule has 2 amide bonds. The molecule has 1 aliphatic rings. The highest BCUT2D eigenvalue weighted by Gasteiger charge is 2.42. The number of nitrogens with zero attached hydrogens (tertiary/aromatic N) is 3. The lowest BCUT2D eigenvalue weighted by Gasteiger charge is -2.41. The van der Waals surface area contributed by atoms with E-state index in [0.717, 1.165) is 12.8 Å². The molecule has 50 heavy (non-hydrogen) atoms. The van der Waals surface area contributed by atoms with Crippen LogP contribution in [-0.4, -0.2) is 138 Å². The van der Waals surface area contributed by atoms with E-state index in [1.165, 1.54) is 28.1 Å². The van der Waals surface area contributed by atoms with Crippen molar-refractivity contribution in [1.29, 1.82) is 0 Å². The van der Waals surface area contributed by atoms with E-state index < -0.39 is 42.1 Å². The number of esters is 1. The molecule has 1 saturated heterocycles. The van der Waals surface area contributed by atoms with Crippen LogP contribution in [0.4, 0.5) is 0 Å². The molecule has 12 nitrogen and oxygen atoms in total. The summed E-state index contributed by atoms with van der Waals surface area (Å²) in [6.45, 7) is 15.2. The molecule has 1 rings (SSSR count). The molecule has 0 bridgehead atoms. The number of likely N-dealkylation sites (N-methyl/N-ethyl adjacent to an activating group) is 2. The highest BCUT2D eigenvalue weighted by molar-refractivity contribution is 6.05. The molecule has 0 aromatic carbocycles. The number of nitrogens with two attached hydrogens (primary N) is 1. The van der Waals surface area contributed by atoms with Crippen molar-refractivity contribution in [2.75, 3.05) is 55.6 Å². The first-order valence-corrected chi connectivity index (χ1v) is 17.9. The molecule has 1 fully saturated rings. The Labute approximate surface area is 306 Å². The third-order valence-electron chi connectivity index (χ3n) is 9.94. The number of likely N-dealkylation sites (tertiary alicyclic amines) is 1. The molecular weight excluding hydrogens is 639 g/mol. The Morgan fingerprint density at radius 2 is 1.52 bits per heavy atom. The lowest BCUT2D eigenvalue weighted by atomic mass is 9.83. The Morgan fingerprint density at radius 1 is 0.940 bits per heavy atom. The third kappa shape index (κ3) is 14.3. The minimum absolute atomic E-state index is 0.0160. The second-order valence-electron chi connectivity index (χ2n) is 13.8. The zero-order valence-corrected chi connectivity index (χ0v) is 33.7. The molecule has 2 radical (unpaired) electrons. The smallest absolute Gasteiger partial charge is 0.319 e. The van der Waals surface area contributed by atoms with Gasteiger partial charge in [-0.15, -0.1) is 0 Å². The van der Waals surface area contributed by atoms with Crippen molar-refractivity contribution in [3.8, 4) is 0 Å². The molecule has 290 valence electrons. The third-order valence-corrected chi connectivity index (χ3v) is 9.94. The first kappa shape index (κ1) is 47.7. The van der Waals surface area contributed by atoms with E-state index in [9.17, 15) is 24.0 Å². The van der Waals surface area contributed by atoms with Crippen LogP contribution in [0.1, 0.15) is 88.8 Å². The fraction of sp³-hybridized carbons (Fsp3) is 0.865. The van der Waals surface area contributed by atoms with Gasteiger partial charge in [-0.2, -0.15) is 0 Å². The van der Waals surface area contributed by atoms with Crippen molar-refractivity contribution in [3.05, 3.63) is 0 Å². The molecule has 13 heteroatoms. The summed E-state index contributed by atoms with van der Waals surface area (Å²) in [6, 6.07) is -1.30. The molecule has 0 spiro atoms. The highest BCUT2D eigenvalue weighted by Crippen LogP contribution is 2.31. The van der Waals surface area contributed by atoms with Crippen LogP contribution in [0.25, 0.3) is 0 Å². The number of methoxy groups -OCH3 is 3. The number of ketones is 2. The average Bonchev–Trinajstić information content (AvgIpc) is 3.60. The van der Waals surface area contributed by atoms with Gasteiger partial charge in [0.05, 0.1) is 58.3 Å². The van der Waals surface area contributed by atoms with Gasteiger partial charge in [-0.3, -0.25) is 28.9 Å². The van der Waals surface area contributed by atoms with Crippen molar-refractivity contribution < 1.29 is 39.6 Å². The maximum Gasteiger partial charge on any atom is 0.319 e. The topological polar surface area (TPSA) is 149 Å². The van der Waals surface area contributed by atoms with Crippen molar-refractivity contribution in [2.45, 2.75) is 125 Å². The Morgan fingerprint density at radius 3 is 1.96 bits per heavy atom. The predicted molar refractivity (Wildman–Crippen MR) is 200 cm³/mol. The Hall–Kier alpha value is -2.35. The van der Waals surface area contributed by atoms with E-state index in [1.54, 1.807) is 42.8 Å². The maximum absolute atomic E-state index is 14.2. The van der Waals surface area contributed by atoms with Gasteiger partial charge in [0.15, 0.2) is 5.78 Å². The van der Waals surface area contributed by atoms with E-state index in [0.29, 0.717) is 13.0 Å². The molecule has 0 aliphatic carbocycles. The molecule has 0 aromatic rings. The zero-order valence-electron chi connectivity index (χ0n) is 34.7. The zero-order chi connectivity index (χ0) is 40.2. The van der Waals surface area contributed by atoms with E-state index in [1.807, 2.05) is 41.5 Å². The van der Waals surface area contributed by atoms with Crippen LogP contribution in [-0.2, 0) is 38.2 Å².